The van der Waals surface area contributed by atoms with Gasteiger partial charge in [0, 0.05) is 18.0 Å². The van der Waals surface area contributed by atoms with Crippen LogP contribution in [-0.2, 0) is 6.42 Å². The zero-order valence-corrected chi connectivity index (χ0v) is 11.7. The largest absolute Gasteiger partial charge is 0.325 e. The highest BCUT2D eigenvalue weighted by atomic mass is 19.1. The molecule has 0 saturated heterocycles. The van der Waals surface area contributed by atoms with Crippen LogP contribution < -0.4 is 0 Å². The fraction of sp³-hybridized carbons (Fsp3) is 0.438. The number of halogens is 1. The summed E-state index contributed by atoms with van der Waals surface area (Å²) in [6.45, 7) is 6.43. The van der Waals surface area contributed by atoms with E-state index >= 15 is 0 Å². The molecule has 0 N–H and O–H groups in total. The van der Waals surface area contributed by atoms with Gasteiger partial charge in [0.15, 0.2) is 0 Å². The summed E-state index contributed by atoms with van der Waals surface area (Å²) in [5.41, 5.74) is 2.55. The van der Waals surface area contributed by atoms with E-state index in [-0.39, 0.29) is 5.82 Å². The molecule has 0 amide bonds. The van der Waals surface area contributed by atoms with Gasteiger partial charge in [-0.15, -0.1) is 0 Å². The molecule has 1 aliphatic rings. The first-order chi connectivity index (χ1) is 9.08. The summed E-state index contributed by atoms with van der Waals surface area (Å²) in [6, 6.07) is 7.36. The van der Waals surface area contributed by atoms with Gasteiger partial charge < -0.3 is 4.57 Å². The van der Waals surface area contributed by atoms with Gasteiger partial charge in [-0.3, -0.25) is 0 Å². The smallest absolute Gasteiger partial charge is 0.132 e. The molecule has 1 aliphatic heterocycles. The maximum absolute atomic E-state index is 14.1. The van der Waals surface area contributed by atoms with Gasteiger partial charge in [0.2, 0.25) is 0 Å². The Morgan fingerprint density at radius 1 is 1.26 bits per heavy atom. The SMILES string of the molecule is Cc1nc2n(c1-c1ccccc1F)C(C)CC(C)C2. The van der Waals surface area contributed by atoms with Crippen LogP contribution in [0.25, 0.3) is 11.3 Å². The zero-order valence-electron chi connectivity index (χ0n) is 11.7. The molecule has 1 aromatic heterocycles. The van der Waals surface area contributed by atoms with Gasteiger partial charge >= 0.3 is 0 Å². The van der Waals surface area contributed by atoms with Crippen molar-refractivity contribution in [2.45, 2.75) is 39.7 Å². The molecule has 2 unspecified atom stereocenters. The van der Waals surface area contributed by atoms with Gasteiger partial charge in [-0.2, -0.15) is 0 Å². The number of hydrogen-bond acceptors (Lipinski definition) is 1. The van der Waals surface area contributed by atoms with Crippen molar-refractivity contribution in [2.24, 2.45) is 5.92 Å². The lowest BCUT2D eigenvalue weighted by atomic mass is 9.94. The van der Waals surface area contributed by atoms with E-state index < -0.39 is 0 Å². The standard InChI is InChI=1S/C16H19FN2/c1-10-8-11(2)19-15(9-10)18-12(3)16(19)13-6-4-5-7-14(13)17/h4-7,10-11H,8-9H2,1-3H3. The molecule has 0 spiro atoms. The summed E-state index contributed by atoms with van der Waals surface area (Å²) < 4.78 is 16.3. The van der Waals surface area contributed by atoms with Crippen molar-refractivity contribution >= 4 is 0 Å². The number of aromatic nitrogens is 2. The molecule has 3 rings (SSSR count). The first kappa shape index (κ1) is 12.4. The van der Waals surface area contributed by atoms with E-state index in [4.69, 9.17) is 0 Å². The first-order valence-electron chi connectivity index (χ1n) is 6.90. The second-order valence-corrected chi connectivity index (χ2v) is 5.71. The van der Waals surface area contributed by atoms with Crippen molar-refractivity contribution in [1.82, 2.24) is 9.55 Å². The van der Waals surface area contributed by atoms with E-state index in [1.807, 2.05) is 19.1 Å². The molecule has 0 fully saturated rings. The molecule has 2 nitrogen and oxygen atoms in total. The number of imidazole rings is 1. The number of nitrogens with zero attached hydrogens (tertiary/aromatic N) is 2. The van der Waals surface area contributed by atoms with Crippen LogP contribution in [0, 0.1) is 18.7 Å². The van der Waals surface area contributed by atoms with Crippen LogP contribution in [0.5, 0.6) is 0 Å². The molecule has 0 bridgehead atoms. The van der Waals surface area contributed by atoms with E-state index in [1.54, 1.807) is 6.07 Å². The second kappa shape index (κ2) is 4.48. The number of rotatable bonds is 1. The number of hydrogen-bond donors (Lipinski definition) is 0. The fourth-order valence-corrected chi connectivity index (χ4v) is 3.28. The molecule has 2 heterocycles. The third kappa shape index (κ3) is 1.97. The molecule has 100 valence electrons. The van der Waals surface area contributed by atoms with Crippen molar-refractivity contribution in [3.63, 3.8) is 0 Å². The normalized spacial score (nSPS) is 22.3. The quantitative estimate of drug-likeness (QED) is 0.751. The molecular formula is C16H19FN2. The Hall–Kier alpha value is -1.64. The first-order valence-corrected chi connectivity index (χ1v) is 6.90. The number of fused-ring (bicyclic) bond motifs is 1. The van der Waals surface area contributed by atoms with Gasteiger partial charge in [-0.1, -0.05) is 19.1 Å². The van der Waals surface area contributed by atoms with Crippen LogP contribution >= 0.6 is 0 Å². The van der Waals surface area contributed by atoms with Crippen LogP contribution in [0.2, 0.25) is 0 Å². The average molecular weight is 258 g/mol. The van der Waals surface area contributed by atoms with E-state index in [2.05, 4.69) is 23.4 Å². The lowest BCUT2D eigenvalue weighted by molar-refractivity contribution is 0.345. The van der Waals surface area contributed by atoms with Gasteiger partial charge in [0.25, 0.3) is 0 Å². The molecular weight excluding hydrogens is 239 g/mol. The van der Waals surface area contributed by atoms with Gasteiger partial charge in [-0.05, 0) is 38.3 Å². The van der Waals surface area contributed by atoms with Crippen molar-refractivity contribution in [3.8, 4) is 11.3 Å². The predicted molar refractivity (Wildman–Crippen MR) is 74.6 cm³/mol. The van der Waals surface area contributed by atoms with Crippen LogP contribution in [-0.4, -0.2) is 9.55 Å². The lowest BCUT2D eigenvalue weighted by Gasteiger charge is -2.28. The monoisotopic (exact) mass is 258 g/mol. The molecule has 19 heavy (non-hydrogen) atoms. The molecule has 1 aromatic carbocycles. The molecule has 0 radical (unpaired) electrons. The molecule has 0 saturated carbocycles. The highest BCUT2D eigenvalue weighted by Gasteiger charge is 2.27. The average Bonchev–Trinajstić information content (AvgIpc) is 2.66. The third-order valence-corrected chi connectivity index (χ3v) is 4.00. The van der Waals surface area contributed by atoms with Crippen molar-refractivity contribution in [1.29, 1.82) is 0 Å². The van der Waals surface area contributed by atoms with Crippen molar-refractivity contribution < 1.29 is 4.39 Å². The Balaban J connectivity index is 2.21. The van der Waals surface area contributed by atoms with Crippen LogP contribution in [0.4, 0.5) is 4.39 Å². The Labute approximate surface area is 113 Å². The third-order valence-electron chi connectivity index (χ3n) is 4.00. The molecule has 0 aliphatic carbocycles. The van der Waals surface area contributed by atoms with E-state index in [0.29, 0.717) is 17.5 Å². The van der Waals surface area contributed by atoms with E-state index in [1.165, 1.54) is 6.07 Å². The van der Waals surface area contributed by atoms with Crippen LogP contribution in [0.1, 0.15) is 37.8 Å². The Kier molecular flexibility index (Phi) is 2.92. The van der Waals surface area contributed by atoms with E-state index in [9.17, 15) is 4.39 Å². The number of benzene rings is 1. The van der Waals surface area contributed by atoms with Gasteiger partial charge in [0.1, 0.15) is 11.6 Å². The summed E-state index contributed by atoms with van der Waals surface area (Å²) in [4.78, 5) is 4.67. The number of aryl methyl sites for hydroxylation is 1. The highest BCUT2D eigenvalue weighted by Crippen LogP contribution is 2.36. The minimum absolute atomic E-state index is 0.167. The maximum atomic E-state index is 14.1. The summed E-state index contributed by atoms with van der Waals surface area (Å²) in [6.07, 6.45) is 2.11. The summed E-state index contributed by atoms with van der Waals surface area (Å²) in [5, 5.41) is 0. The predicted octanol–water partition coefficient (Wildman–Crippen LogP) is 4.14. The van der Waals surface area contributed by atoms with Crippen molar-refractivity contribution in [2.75, 3.05) is 0 Å². The van der Waals surface area contributed by atoms with Gasteiger partial charge in [-0.25, -0.2) is 9.37 Å². The van der Waals surface area contributed by atoms with Crippen LogP contribution in [0.3, 0.4) is 0 Å². The van der Waals surface area contributed by atoms with Gasteiger partial charge in [0.05, 0.1) is 11.4 Å². The Bertz CT molecular complexity index is 615. The van der Waals surface area contributed by atoms with Crippen LogP contribution in [0.15, 0.2) is 24.3 Å². The minimum Gasteiger partial charge on any atom is -0.325 e. The van der Waals surface area contributed by atoms with Crippen molar-refractivity contribution in [3.05, 3.63) is 41.6 Å². The second-order valence-electron chi connectivity index (χ2n) is 5.71. The Morgan fingerprint density at radius 2 is 2.00 bits per heavy atom. The summed E-state index contributed by atoms with van der Waals surface area (Å²) >= 11 is 0. The molecule has 2 aromatic rings. The zero-order chi connectivity index (χ0) is 13.6. The molecule has 3 heteroatoms. The highest BCUT2D eigenvalue weighted by molar-refractivity contribution is 5.64. The fourth-order valence-electron chi connectivity index (χ4n) is 3.28. The summed E-state index contributed by atoms with van der Waals surface area (Å²) in [5.74, 6) is 1.58. The topological polar surface area (TPSA) is 17.8 Å². The Morgan fingerprint density at radius 3 is 2.74 bits per heavy atom. The van der Waals surface area contributed by atoms with E-state index in [0.717, 1.165) is 30.1 Å². The lowest BCUT2D eigenvalue weighted by Crippen LogP contribution is -2.22. The minimum atomic E-state index is -0.167. The summed E-state index contributed by atoms with van der Waals surface area (Å²) in [7, 11) is 0. The maximum Gasteiger partial charge on any atom is 0.132 e. The molecule has 2 atom stereocenters.